The number of aryl methyl sites for hydroxylation is 1. The maximum absolute atomic E-state index is 14.0. The third kappa shape index (κ3) is 5.17. The Balaban J connectivity index is 1.89. The third-order valence-corrected chi connectivity index (χ3v) is 6.47. The first kappa shape index (κ1) is 25.2. The first-order valence-corrected chi connectivity index (χ1v) is 12.0. The largest absolute Gasteiger partial charge is 0.493 e. The van der Waals surface area contributed by atoms with Crippen molar-refractivity contribution in [3.05, 3.63) is 71.7 Å². The van der Waals surface area contributed by atoms with Crippen molar-refractivity contribution in [3.8, 4) is 17.2 Å². The average Bonchev–Trinajstić information content (AvgIpc) is 3.61. The van der Waals surface area contributed by atoms with E-state index < -0.39 is 11.9 Å². The molecular formula is C28H32N2O6. The van der Waals surface area contributed by atoms with Gasteiger partial charge in [-0.2, -0.15) is 0 Å². The SMILES string of the molecule is COc1cc(C(C(=O)NC2CCCC2)N(C(=O)c2ccco2)c2ccc(C)cc2)cc(OC)c1OC. The fourth-order valence-corrected chi connectivity index (χ4v) is 4.64. The Kier molecular flexibility index (Phi) is 7.83. The summed E-state index contributed by atoms with van der Waals surface area (Å²) in [6.07, 6.45) is 5.38. The van der Waals surface area contributed by atoms with Crippen LogP contribution in [0.1, 0.15) is 53.4 Å². The van der Waals surface area contributed by atoms with E-state index in [-0.39, 0.29) is 17.7 Å². The van der Waals surface area contributed by atoms with E-state index in [0.717, 1.165) is 31.2 Å². The van der Waals surface area contributed by atoms with E-state index in [9.17, 15) is 9.59 Å². The normalized spacial score (nSPS) is 14.2. The van der Waals surface area contributed by atoms with Crippen LogP contribution in [0.2, 0.25) is 0 Å². The van der Waals surface area contributed by atoms with Crippen molar-refractivity contribution >= 4 is 17.5 Å². The van der Waals surface area contributed by atoms with Crippen LogP contribution in [-0.4, -0.2) is 39.2 Å². The summed E-state index contributed by atoms with van der Waals surface area (Å²) < 4.78 is 22.1. The van der Waals surface area contributed by atoms with Crippen molar-refractivity contribution in [2.24, 2.45) is 0 Å². The minimum absolute atomic E-state index is 0.0561. The topological polar surface area (TPSA) is 90.2 Å². The van der Waals surface area contributed by atoms with Crippen molar-refractivity contribution in [2.75, 3.05) is 26.2 Å². The van der Waals surface area contributed by atoms with Crippen molar-refractivity contribution in [3.63, 3.8) is 0 Å². The van der Waals surface area contributed by atoms with Crippen LogP contribution in [0.5, 0.6) is 17.2 Å². The zero-order valence-corrected chi connectivity index (χ0v) is 21.1. The second-order valence-corrected chi connectivity index (χ2v) is 8.84. The molecule has 8 heteroatoms. The quantitative estimate of drug-likeness (QED) is 0.449. The van der Waals surface area contributed by atoms with Gasteiger partial charge in [0.15, 0.2) is 17.3 Å². The number of ether oxygens (including phenoxy) is 3. The molecule has 1 heterocycles. The lowest BCUT2D eigenvalue weighted by atomic mass is 10.00. The van der Waals surface area contributed by atoms with E-state index in [1.807, 2.05) is 31.2 Å². The molecule has 0 aliphatic heterocycles. The van der Waals surface area contributed by atoms with Gasteiger partial charge in [0.2, 0.25) is 11.7 Å². The molecule has 1 aliphatic carbocycles. The molecule has 0 saturated heterocycles. The van der Waals surface area contributed by atoms with Crippen LogP contribution in [0, 0.1) is 6.92 Å². The second kappa shape index (κ2) is 11.2. The number of anilines is 1. The highest BCUT2D eigenvalue weighted by Crippen LogP contribution is 2.42. The van der Waals surface area contributed by atoms with E-state index in [4.69, 9.17) is 18.6 Å². The molecule has 8 nitrogen and oxygen atoms in total. The highest BCUT2D eigenvalue weighted by Gasteiger charge is 2.37. The number of carbonyl (C=O) groups excluding carboxylic acids is 2. The Hall–Kier alpha value is -3.94. The van der Waals surface area contributed by atoms with E-state index in [1.54, 1.807) is 24.3 Å². The number of methoxy groups -OCH3 is 3. The van der Waals surface area contributed by atoms with Crippen LogP contribution in [0.3, 0.4) is 0 Å². The predicted molar refractivity (Wildman–Crippen MR) is 136 cm³/mol. The number of furan rings is 1. The molecule has 1 unspecified atom stereocenters. The summed E-state index contributed by atoms with van der Waals surface area (Å²) in [4.78, 5) is 29.3. The molecule has 190 valence electrons. The molecule has 0 spiro atoms. The highest BCUT2D eigenvalue weighted by molar-refractivity contribution is 6.08. The van der Waals surface area contributed by atoms with Crippen LogP contribution in [0.25, 0.3) is 0 Å². The standard InChI is InChI=1S/C28H32N2O6/c1-18-11-13-21(14-12-18)30(28(32)22-10-7-15-36-22)25(27(31)29-20-8-5-6-9-20)19-16-23(33-2)26(35-4)24(17-19)34-3/h7,10-17,20,25H,5-6,8-9H2,1-4H3,(H,29,31). The Bertz CT molecular complexity index is 1160. The lowest BCUT2D eigenvalue weighted by molar-refractivity contribution is -0.123. The summed E-state index contributed by atoms with van der Waals surface area (Å²) in [6, 6.07) is 13.1. The third-order valence-electron chi connectivity index (χ3n) is 6.47. The summed E-state index contributed by atoms with van der Waals surface area (Å²) >= 11 is 0. The number of amides is 2. The van der Waals surface area contributed by atoms with Gasteiger partial charge < -0.3 is 23.9 Å². The first-order chi connectivity index (χ1) is 17.5. The number of hydrogen-bond acceptors (Lipinski definition) is 6. The molecule has 4 rings (SSSR count). The highest BCUT2D eigenvalue weighted by atomic mass is 16.5. The average molecular weight is 493 g/mol. The molecule has 36 heavy (non-hydrogen) atoms. The maximum Gasteiger partial charge on any atom is 0.294 e. The fraction of sp³-hybridized carbons (Fsp3) is 0.357. The predicted octanol–water partition coefficient (Wildman–Crippen LogP) is 5.06. The van der Waals surface area contributed by atoms with Crippen LogP contribution in [0.4, 0.5) is 5.69 Å². The van der Waals surface area contributed by atoms with E-state index >= 15 is 0 Å². The van der Waals surface area contributed by atoms with Gasteiger partial charge in [-0.25, -0.2) is 0 Å². The number of rotatable bonds is 9. The van der Waals surface area contributed by atoms with E-state index in [1.165, 1.54) is 32.5 Å². The number of nitrogens with zero attached hydrogens (tertiary/aromatic N) is 1. The molecule has 1 saturated carbocycles. The molecule has 1 atom stereocenters. The molecule has 1 aromatic heterocycles. The number of nitrogens with one attached hydrogen (secondary N) is 1. The van der Waals surface area contributed by atoms with Gasteiger partial charge in [0.1, 0.15) is 6.04 Å². The van der Waals surface area contributed by atoms with Gasteiger partial charge in [-0.1, -0.05) is 30.5 Å². The lowest BCUT2D eigenvalue weighted by Gasteiger charge is -2.32. The lowest BCUT2D eigenvalue weighted by Crippen LogP contribution is -2.46. The zero-order valence-electron chi connectivity index (χ0n) is 21.1. The Morgan fingerprint density at radius 3 is 2.14 bits per heavy atom. The minimum Gasteiger partial charge on any atom is -0.493 e. The monoisotopic (exact) mass is 492 g/mol. The van der Waals surface area contributed by atoms with Gasteiger partial charge in [-0.3, -0.25) is 14.5 Å². The zero-order chi connectivity index (χ0) is 25.7. The first-order valence-electron chi connectivity index (χ1n) is 12.0. The van der Waals surface area contributed by atoms with E-state index in [0.29, 0.717) is 28.5 Å². The van der Waals surface area contributed by atoms with Crippen LogP contribution in [0.15, 0.2) is 59.2 Å². The van der Waals surface area contributed by atoms with Crippen LogP contribution >= 0.6 is 0 Å². The van der Waals surface area contributed by atoms with Crippen LogP contribution < -0.4 is 24.4 Å². The van der Waals surface area contributed by atoms with Gasteiger partial charge >= 0.3 is 0 Å². The molecule has 0 radical (unpaired) electrons. The summed E-state index contributed by atoms with van der Waals surface area (Å²) in [5.74, 6) is 0.570. The van der Waals surface area contributed by atoms with Crippen molar-refractivity contribution in [2.45, 2.75) is 44.7 Å². The molecule has 1 fully saturated rings. The minimum atomic E-state index is -1.03. The smallest absolute Gasteiger partial charge is 0.294 e. The van der Waals surface area contributed by atoms with Crippen molar-refractivity contribution < 1.29 is 28.2 Å². The maximum atomic E-state index is 14.0. The number of benzene rings is 2. The van der Waals surface area contributed by atoms with Crippen LogP contribution in [-0.2, 0) is 4.79 Å². The summed E-state index contributed by atoms with van der Waals surface area (Å²) in [5, 5.41) is 3.17. The molecule has 2 aromatic carbocycles. The fourth-order valence-electron chi connectivity index (χ4n) is 4.64. The number of hydrogen-bond donors (Lipinski definition) is 1. The molecular weight excluding hydrogens is 460 g/mol. The van der Waals surface area contributed by atoms with Crippen molar-refractivity contribution in [1.29, 1.82) is 0 Å². The summed E-state index contributed by atoms with van der Waals surface area (Å²) in [7, 11) is 4.55. The summed E-state index contributed by atoms with van der Waals surface area (Å²) in [5.41, 5.74) is 2.10. The molecule has 1 N–H and O–H groups in total. The van der Waals surface area contributed by atoms with Gasteiger partial charge in [-0.15, -0.1) is 0 Å². The molecule has 0 bridgehead atoms. The number of carbonyl (C=O) groups is 2. The van der Waals surface area contributed by atoms with Crippen molar-refractivity contribution in [1.82, 2.24) is 5.32 Å². The molecule has 1 aliphatic rings. The van der Waals surface area contributed by atoms with Gasteiger partial charge in [0.25, 0.3) is 5.91 Å². The van der Waals surface area contributed by atoms with E-state index in [2.05, 4.69) is 5.32 Å². The summed E-state index contributed by atoms with van der Waals surface area (Å²) in [6.45, 7) is 1.96. The molecule has 2 amide bonds. The van der Waals surface area contributed by atoms with Gasteiger partial charge in [0, 0.05) is 11.7 Å². The Labute approximate surface area is 211 Å². The Morgan fingerprint density at radius 1 is 0.972 bits per heavy atom. The Morgan fingerprint density at radius 2 is 1.61 bits per heavy atom. The molecule has 3 aromatic rings. The second-order valence-electron chi connectivity index (χ2n) is 8.84. The van der Waals surface area contributed by atoms with Gasteiger partial charge in [0.05, 0.1) is 27.6 Å². The van der Waals surface area contributed by atoms with Gasteiger partial charge in [-0.05, 0) is 61.7 Å².